The van der Waals surface area contributed by atoms with Gasteiger partial charge in [-0.2, -0.15) is 0 Å². The zero-order valence-electron chi connectivity index (χ0n) is 8.95. The zero-order valence-corrected chi connectivity index (χ0v) is 8.95. The van der Waals surface area contributed by atoms with Gasteiger partial charge in [-0.15, -0.1) is 0 Å². The third-order valence-electron chi connectivity index (χ3n) is 1.89. The molecule has 0 heterocycles. The number of carbonyl (C=O) groups excluding carboxylic acids is 2. The van der Waals surface area contributed by atoms with E-state index in [0.717, 1.165) is 0 Å². The smallest absolute Gasteiger partial charge is 0.303 e. The van der Waals surface area contributed by atoms with E-state index in [0.29, 0.717) is 0 Å². The third kappa shape index (κ3) is 2.79. The van der Waals surface area contributed by atoms with E-state index >= 15 is 0 Å². The van der Waals surface area contributed by atoms with Crippen molar-refractivity contribution in [3.63, 3.8) is 0 Å². The Morgan fingerprint density at radius 3 is 2.62 bits per heavy atom. The van der Waals surface area contributed by atoms with Crippen molar-refractivity contribution in [3.8, 4) is 5.75 Å². The molecule has 1 rings (SSSR count). The number of halogens is 1. The standard InChI is InChI=1S/C11H11FO4/c1-7(13)16-6-9(14)8-4-3-5-10(15-2)11(8)12/h3-5H,6H2,1-2H3. The van der Waals surface area contributed by atoms with Gasteiger partial charge in [0.15, 0.2) is 18.2 Å². The number of hydrogen-bond acceptors (Lipinski definition) is 4. The highest BCUT2D eigenvalue weighted by atomic mass is 19.1. The largest absolute Gasteiger partial charge is 0.494 e. The molecule has 0 saturated heterocycles. The highest BCUT2D eigenvalue weighted by Crippen LogP contribution is 2.20. The molecule has 0 aromatic heterocycles. The van der Waals surface area contributed by atoms with Gasteiger partial charge in [0.05, 0.1) is 12.7 Å². The molecule has 0 aliphatic carbocycles. The lowest BCUT2D eigenvalue weighted by Crippen LogP contribution is -2.13. The van der Waals surface area contributed by atoms with Crippen LogP contribution in [-0.2, 0) is 9.53 Å². The van der Waals surface area contributed by atoms with Crippen molar-refractivity contribution in [1.82, 2.24) is 0 Å². The Labute approximate surface area is 92.0 Å². The van der Waals surface area contributed by atoms with E-state index in [1.165, 1.54) is 32.2 Å². The minimum atomic E-state index is -0.748. The number of carbonyl (C=O) groups is 2. The molecule has 16 heavy (non-hydrogen) atoms. The number of rotatable bonds is 4. The maximum Gasteiger partial charge on any atom is 0.303 e. The second kappa shape index (κ2) is 5.25. The first-order valence-electron chi connectivity index (χ1n) is 4.55. The summed E-state index contributed by atoms with van der Waals surface area (Å²) in [5.41, 5.74) is -0.152. The Hall–Kier alpha value is -1.91. The summed E-state index contributed by atoms with van der Waals surface area (Å²) < 4.78 is 22.8. The van der Waals surface area contributed by atoms with Gasteiger partial charge in [0.25, 0.3) is 0 Å². The van der Waals surface area contributed by atoms with Crippen LogP contribution >= 0.6 is 0 Å². The highest BCUT2D eigenvalue weighted by Gasteiger charge is 2.16. The fourth-order valence-electron chi connectivity index (χ4n) is 1.13. The number of hydrogen-bond donors (Lipinski definition) is 0. The first-order chi connectivity index (χ1) is 7.56. The molecule has 0 fully saturated rings. The molecule has 0 N–H and O–H groups in total. The van der Waals surface area contributed by atoms with Gasteiger partial charge < -0.3 is 9.47 Å². The van der Waals surface area contributed by atoms with Crippen LogP contribution < -0.4 is 4.74 Å². The molecule has 0 spiro atoms. The molecular weight excluding hydrogens is 215 g/mol. The average molecular weight is 226 g/mol. The molecule has 0 aliphatic heterocycles. The van der Waals surface area contributed by atoms with Crippen LogP contribution in [0.15, 0.2) is 18.2 Å². The van der Waals surface area contributed by atoms with Crippen LogP contribution in [0.5, 0.6) is 5.75 Å². The van der Waals surface area contributed by atoms with E-state index < -0.39 is 24.2 Å². The van der Waals surface area contributed by atoms with Crippen molar-refractivity contribution in [2.24, 2.45) is 0 Å². The third-order valence-corrected chi connectivity index (χ3v) is 1.89. The number of esters is 1. The fraction of sp³-hybridized carbons (Fsp3) is 0.273. The summed E-state index contributed by atoms with van der Waals surface area (Å²) in [4.78, 5) is 22.0. The van der Waals surface area contributed by atoms with Crippen LogP contribution in [0.3, 0.4) is 0 Å². The van der Waals surface area contributed by atoms with Gasteiger partial charge in [-0.1, -0.05) is 6.07 Å². The molecule has 0 atom stereocenters. The van der Waals surface area contributed by atoms with Crippen LogP contribution in [0.25, 0.3) is 0 Å². The fourth-order valence-corrected chi connectivity index (χ4v) is 1.13. The molecule has 86 valence electrons. The van der Waals surface area contributed by atoms with Gasteiger partial charge in [-0.3, -0.25) is 9.59 Å². The van der Waals surface area contributed by atoms with Gasteiger partial charge in [0.2, 0.25) is 5.78 Å². The molecule has 0 saturated carbocycles. The van der Waals surface area contributed by atoms with Crippen LogP contribution in [0.1, 0.15) is 17.3 Å². The predicted molar refractivity (Wildman–Crippen MR) is 53.9 cm³/mol. The van der Waals surface area contributed by atoms with Crippen molar-refractivity contribution >= 4 is 11.8 Å². The lowest BCUT2D eigenvalue weighted by Gasteiger charge is -2.06. The van der Waals surface area contributed by atoms with Gasteiger partial charge in [-0.25, -0.2) is 4.39 Å². The van der Waals surface area contributed by atoms with Gasteiger partial charge >= 0.3 is 5.97 Å². The molecule has 0 unspecified atom stereocenters. The topological polar surface area (TPSA) is 52.6 Å². The summed E-state index contributed by atoms with van der Waals surface area (Å²) in [7, 11) is 1.30. The van der Waals surface area contributed by atoms with Crippen molar-refractivity contribution < 1.29 is 23.5 Å². The molecule has 4 nitrogen and oxygen atoms in total. The van der Waals surface area contributed by atoms with Crippen LogP contribution in [0.2, 0.25) is 0 Å². The van der Waals surface area contributed by atoms with E-state index in [2.05, 4.69) is 4.74 Å². The quantitative estimate of drug-likeness (QED) is 0.577. The maximum absolute atomic E-state index is 13.6. The van der Waals surface area contributed by atoms with Gasteiger partial charge in [-0.05, 0) is 12.1 Å². The Morgan fingerprint density at radius 2 is 2.06 bits per heavy atom. The first kappa shape index (κ1) is 12.2. The summed E-state index contributed by atoms with van der Waals surface area (Å²) >= 11 is 0. The Balaban J connectivity index is 2.87. The molecule has 0 aliphatic rings. The summed E-state index contributed by atoms with van der Waals surface area (Å²) in [6.45, 7) is 0.703. The van der Waals surface area contributed by atoms with Gasteiger partial charge in [0.1, 0.15) is 0 Å². The minimum absolute atomic E-state index is 0.0197. The van der Waals surface area contributed by atoms with Crippen LogP contribution in [0, 0.1) is 5.82 Å². The molecule has 0 amide bonds. The molecule has 1 aromatic carbocycles. The normalized spacial score (nSPS) is 9.69. The second-order valence-corrected chi connectivity index (χ2v) is 3.03. The zero-order chi connectivity index (χ0) is 12.1. The molecule has 1 aromatic rings. The monoisotopic (exact) mass is 226 g/mol. The number of Topliss-reactive ketones (excluding diaryl/α,β-unsaturated/α-hetero) is 1. The SMILES string of the molecule is COc1cccc(C(=O)COC(C)=O)c1F. The number of benzene rings is 1. The predicted octanol–water partition coefficient (Wildman–Crippen LogP) is 1.58. The summed E-state index contributed by atoms with van der Waals surface area (Å²) in [5, 5.41) is 0. The maximum atomic E-state index is 13.6. The number of ether oxygens (including phenoxy) is 2. The summed E-state index contributed by atoms with van der Waals surface area (Å²) in [5.74, 6) is -1.96. The van der Waals surface area contributed by atoms with E-state index in [4.69, 9.17) is 4.74 Å². The Bertz CT molecular complexity index is 414. The average Bonchev–Trinajstić information content (AvgIpc) is 2.26. The molecule has 0 bridgehead atoms. The van der Waals surface area contributed by atoms with E-state index in [9.17, 15) is 14.0 Å². The molecule has 5 heteroatoms. The lowest BCUT2D eigenvalue weighted by atomic mass is 10.1. The number of ketones is 1. The summed E-state index contributed by atoms with van der Waals surface area (Å²) in [6, 6.07) is 4.20. The Kier molecular flexibility index (Phi) is 3.99. The van der Waals surface area contributed by atoms with Crippen molar-refractivity contribution in [3.05, 3.63) is 29.6 Å². The van der Waals surface area contributed by atoms with E-state index in [1.54, 1.807) is 0 Å². The number of methoxy groups -OCH3 is 1. The van der Waals surface area contributed by atoms with Crippen molar-refractivity contribution in [2.45, 2.75) is 6.92 Å². The van der Waals surface area contributed by atoms with Gasteiger partial charge in [0, 0.05) is 6.92 Å². The minimum Gasteiger partial charge on any atom is -0.494 e. The van der Waals surface area contributed by atoms with Crippen LogP contribution in [-0.4, -0.2) is 25.5 Å². The van der Waals surface area contributed by atoms with E-state index in [-0.39, 0.29) is 11.3 Å². The summed E-state index contributed by atoms with van der Waals surface area (Å²) in [6.07, 6.45) is 0. The highest BCUT2D eigenvalue weighted by molar-refractivity contribution is 5.98. The molecule has 0 radical (unpaired) electrons. The van der Waals surface area contributed by atoms with Crippen molar-refractivity contribution in [2.75, 3.05) is 13.7 Å². The van der Waals surface area contributed by atoms with Crippen molar-refractivity contribution in [1.29, 1.82) is 0 Å². The molecular formula is C11H11FO4. The first-order valence-corrected chi connectivity index (χ1v) is 4.55. The second-order valence-electron chi connectivity index (χ2n) is 3.03. The lowest BCUT2D eigenvalue weighted by molar-refractivity contribution is -0.139. The van der Waals surface area contributed by atoms with E-state index in [1.807, 2.05) is 0 Å². The van der Waals surface area contributed by atoms with Crippen LogP contribution in [0.4, 0.5) is 4.39 Å². The Morgan fingerprint density at radius 1 is 1.38 bits per heavy atom.